The van der Waals surface area contributed by atoms with Gasteiger partial charge in [-0.2, -0.15) is 0 Å². The van der Waals surface area contributed by atoms with Crippen LogP contribution in [0.4, 0.5) is 0 Å². The molecule has 2 heteroatoms. The van der Waals surface area contributed by atoms with Gasteiger partial charge in [0.25, 0.3) is 0 Å². The van der Waals surface area contributed by atoms with E-state index in [9.17, 15) is 4.79 Å². The van der Waals surface area contributed by atoms with E-state index in [4.69, 9.17) is 11.2 Å². The van der Waals surface area contributed by atoms with Gasteiger partial charge in [-0.3, -0.25) is 4.79 Å². The molecule has 13 heavy (non-hydrogen) atoms. The average molecular weight is 178 g/mol. The van der Waals surface area contributed by atoms with Crippen LogP contribution < -0.4 is 0 Å². The molecule has 0 saturated heterocycles. The van der Waals surface area contributed by atoms with Crippen molar-refractivity contribution in [3.63, 3.8) is 0 Å². The predicted octanol–water partition coefficient (Wildman–Crippen LogP) is 1.56. The van der Waals surface area contributed by atoms with E-state index in [2.05, 4.69) is 12.5 Å². The molecular formula is C11H14O2. The summed E-state index contributed by atoms with van der Waals surface area (Å²) in [4.78, 5) is 11.5. The standard InChI is InChI=1S/C11H14O2/c1-4-10(12)9-7-6-8-11(9,5-2)13-3/h2,4,9H,1,6-8H2,3H3. The SMILES string of the molecule is C#CC1(OC)CCCC1C(=O)C=C. The summed E-state index contributed by atoms with van der Waals surface area (Å²) < 4.78 is 5.28. The van der Waals surface area contributed by atoms with Crippen molar-refractivity contribution in [2.75, 3.05) is 7.11 Å². The fraction of sp³-hybridized carbons (Fsp3) is 0.545. The van der Waals surface area contributed by atoms with Crippen LogP contribution in [0.2, 0.25) is 0 Å². The van der Waals surface area contributed by atoms with E-state index in [1.165, 1.54) is 6.08 Å². The molecule has 0 spiro atoms. The van der Waals surface area contributed by atoms with Crippen molar-refractivity contribution in [3.05, 3.63) is 12.7 Å². The Hall–Kier alpha value is -1.07. The molecule has 0 aliphatic heterocycles. The Kier molecular flexibility index (Phi) is 2.90. The molecule has 0 aromatic heterocycles. The lowest BCUT2D eigenvalue weighted by molar-refractivity contribution is -0.124. The first-order chi connectivity index (χ1) is 6.20. The maximum atomic E-state index is 11.5. The van der Waals surface area contributed by atoms with Crippen molar-refractivity contribution >= 4 is 5.78 Å². The molecule has 2 unspecified atom stereocenters. The van der Waals surface area contributed by atoms with E-state index < -0.39 is 5.60 Å². The van der Waals surface area contributed by atoms with Gasteiger partial charge in [-0.15, -0.1) is 6.42 Å². The average Bonchev–Trinajstić information content (AvgIpc) is 2.60. The van der Waals surface area contributed by atoms with E-state index in [1.54, 1.807) is 7.11 Å². The molecule has 70 valence electrons. The number of hydrogen-bond acceptors (Lipinski definition) is 2. The maximum absolute atomic E-state index is 11.5. The summed E-state index contributed by atoms with van der Waals surface area (Å²) in [5, 5.41) is 0. The molecule has 2 nitrogen and oxygen atoms in total. The highest BCUT2D eigenvalue weighted by molar-refractivity contribution is 5.92. The molecule has 1 saturated carbocycles. The number of allylic oxidation sites excluding steroid dienone is 1. The quantitative estimate of drug-likeness (QED) is 0.484. The summed E-state index contributed by atoms with van der Waals surface area (Å²) in [5.41, 5.74) is -0.675. The summed E-state index contributed by atoms with van der Waals surface area (Å²) in [5.74, 6) is 2.40. The van der Waals surface area contributed by atoms with Gasteiger partial charge in [0.15, 0.2) is 5.78 Å². The fourth-order valence-electron chi connectivity index (χ4n) is 1.97. The van der Waals surface area contributed by atoms with Gasteiger partial charge in [0, 0.05) is 7.11 Å². The third-order valence-electron chi connectivity index (χ3n) is 2.76. The Morgan fingerprint density at radius 3 is 3.00 bits per heavy atom. The highest BCUT2D eigenvalue weighted by atomic mass is 16.5. The molecular weight excluding hydrogens is 164 g/mol. The summed E-state index contributed by atoms with van der Waals surface area (Å²) >= 11 is 0. The van der Waals surface area contributed by atoms with Gasteiger partial charge < -0.3 is 4.74 Å². The first kappa shape index (κ1) is 10.0. The number of terminal acetylenes is 1. The largest absolute Gasteiger partial charge is 0.365 e. The zero-order valence-electron chi connectivity index (χ0n) is 7.88. The van der Waals surface area contributed by atoms with Gasteiger partial charge in [0.1, 0.15) is 5.60 Å². The van der Waals surface area contributed by atoms with Crippen molar-refractivity contribution < 1.29 is 9.53 Å². The number of ether oxygens (including phenoxy) is 1. The number of hydrogen-bond donors (Lipinski definition) is 0. The first-order valence-corrected chi connectivity index (χ1v) is 4.39. The van der Waals surface area contributed by atoms with Crippen LogP contribution in [-0.2, 0) is 9.53 Å². The second-order valence-electron chi connectivity index (χ2n) is 3.29. The highest BCUT2D eigenvalue weighted by Gasteiger charge is 2.44. The van der Waals surface area contributed by atoms with Gasteiger partial charge in [0.2, 0.25) is 0 Å². The number of carbonyl (C=O) groups is 1. The number of rotatable bonds is 3. The molecule has 0 heterocycles. The smallest absolute Gasteiger partial charge is 0.162 e. The Labute approximate surface area is 79.0 Å². The Bertz CT molecular complexity index is 262. The summed E-state index contributed by atoms with van der Waals surface area (Å²) in [6.45, 7) is 3.47. The molecule has 2 atom stereocenters. The van der Waals surface area contributed by atoms with Crippen molar-refractivity contribution in [2.45, 2.75) is 24.9 Å². The van der Waals surface area contributed by atoms with E-state index in [0.29, 0.717) is 0 Å². The van der Waals surface area contributed by atoms with Gasteiger partial charge >= 0.3 is 0 Å². The number of ketones is 1. The minimum Gasteiger partial charge on any atom is -0.365 e. The topological polar surface area (TPSA) is 26.3 Å². The lowest BCUT2D eigenvalue weighted by Gasteiger charge is -2.26. The van der Waals surface area contributed by atoms with E-state index in [0.717, 1.165) is 19.3 Å². The van der Waals surface area contributed by atoms with Crippen LogP contribution in [0.3, 0.4) is 0 Å². The van der Waals surface area contributed by atoms with Crippen molar-refractivity contribution in [2.24, 2.45) is 5.92 Å². The molecule has 0 bridgehead atoms. The molecule has 0 radical (unpaired) electrons. The monoisotopic (exact) mass is 178 g/mol. The van der Waals surface area contributed by atoms with Gasteiger partial charge in [-0.1, -0.05) is 12.5 Å². The highest BCUT2D eigenvalue weighted by Crippen LogP contribution is 2.38. The van der Waals surface area contributed by atoms with Crippen LogP contribution in [-0.4, -0.2) is 18.5 Å². The minimum absolute atomic E-state index is 0.00250. The summed E-state index contributed by atoms with van der Waals surface area (Å²) in [6.07, 6.45) is 9.26. The molecule has 1 rings (SSSR count). The molecule has 0 aromatic carbocycles. The zero-order valence-corrected chi connectivity index (χ0v) is 7.88. The van der Waals surface area contributed by atoms with Gasteiger partial charge in [-0.25, -0.2) is 0 Å². The third kappa shape index (κ3) is 1.52. The summed E-state index contributed by atoms with van der Waals surface area (Å²) in [6, 6.07) is 0. The van der Waals surface area contributed by atoms with Gasteiger partial charge in [-0.05, 0) is 25.3 Å². The van der Waals surface area contributed by atoms with Crippen molar-refractivity contribution in [1.82, 2.24) is 0 Å². The molecule has 0 aromatic rings. The Morgan fingerprint density at radius 2 is 2.54 bits per heavy atom. The lowest BCUT2D eigenvalue weighted by atomic mass is 9.88. The zero-order chi connectivity index (χ0) is 9.90. The van der Waals surface area contributed by atoms with Crippen molar-refractivity contribution in [1.29, 1.82) is 0 Å². The van der Waals surface area contributed by atoms with E-state index in [-0.39, 0.29) is 11.7 Å². The van der Waals surface area contributed by atoms with Crippen LogP contribution in [0.15, 0.2) is 12.7 Å². The van der Waals surface area contributed by atoms with E-state index in [1.807, 2.05) is 0 Å². The summed E-state index contributed by atoms with van der Waals surface area (Å²) in [7, 11) is 1.56. The second kappa shape index (κ2) is 3.76. The van der Waals surface area contributed by atoms with Crippen LogP contribution >= 0.6 is 0 Å². The van der Waals surface area contributed by atoms with Crippen LogP contribution in [0, 0.1) is 18.3 Å². The van der Waals surface area contributed by atoms with Gasteiger partial charge in [0.05, 0.1) is 5.92 Å². The minimum atomic E-state index is -0.675. The molecule has 1 fully saturated rings. The molecule has 1 aliphatic rings. The first-order valence-electron chi connectivity index (χ1n) is 4.39. The Balaban J connectivity index is 2.91. The normalized spacial score (nSPS) is 32.5. The fourth-order valence-corrected chi connectivity index (χ4v) is 1.97. The maximum Gasteiger partial charge on any atom is 0.162 e. The molecule has 0 amide bonds. The van der Waals surface area contributed by atoms with Crippen LogP contribution in [0.1, 0.15) is 19.3 Å². The van der Waals surface area contributed by atoms with Crippen LogP contribution in [0.25, 0.3) is 0 Å². The number of methoxy groups -OCH3 is 1. The van der Waals surface area contributed by atoms with E-state index >= 15 is 0 Å². The van der Waals surface area contributed by atoms with Crippen molar-refractivity contribution in [3.8, 4) is 12.3 Å². The molecule has 1 aliphatic carbocycles. The molecule has 0 N–H and O–H groups in total. The lowest BCUT2D eigenvalue weighted by Crippen LogP contribution is -2.37. The predicted molar refractivity (Wildman–Crippen MR) is 51.1 cm³/mol. The second-order valence-corrected chi connectivity index (χ2v) is 3.29. The Morgan fingerprint density at radius 1 is 1.85 bits per heavy atom. The number of carbonyl (C=O) groups excluding carboxylic acids is 1. The van der Waals surface area contributed by atoms with Crippen LogP contribution in [0.5, 0.6) is 0 Å². The third-order valence-corrected chi connectivity index (χ3v) is 2.76.